The van der Waals surface area contributed by atoms with Gasteiger partial charge in [-0.05, 0) is 25.8 Å². The van der Waals surface area contributed by atoms with Crippen molar-refractivity contribution in [2.45, 2.75) is 33.2 Å². The molecule has 5 nitrogen and oxygen atoms in total. The minimum Gasteiger partial charge on any atom is -0.315 e. The smallest absolute Gasteiger partial charge is 0.282 e. The molecule has 6 heteroatoms. The third-order valence-corrected chi connectivity index (χ3v) is 5.61. The first-order chi connectivity index (χ1) is 7.87. The fraction of sp³-hybridized carbons (Fsp3) is 1.00. The van der Waals surface area contributed by atoms with E-state index in [0.29, 0.717) is 19.0 Å². The topological polar surface area (TPSA) is 52.7 Å². The van der Waals surface area contributed by atoms with Gasteiger partial charge in [-0.25, -0.2) is 0 Å². The minimum atomic E-state index is -3.30. The molecule has 17 heavy (non-hydrogen) atoms. The summed E-state index contributed by atoms with van der Waals surface area (Å²) < 4.78 is 27.9. The second kappa shape index (κ2) is 6.13. The quantitative estimate of drug-likeness (QED) is 0.804. The predicted molar refractivity (Wildman–Crippen MR) is 70.0 cm³/mol. The van der Waals surface area contributed by atoms with Crippen LogP contribution in [0.2, 0.25) is 0 Å². The Morgan fingerprint density at radius 3 is 2.41 bits per heavy atom. The maximum atomic E-state index is 12.4. The van der Waals surface area contributed by atoms with Crippen LogP contribution >= 0.6 is 0 Å². The Labute approximate surface area is 105 Å². The van der Waals surface area contributed by atoms with E-state index < -0.39 is 10.2 Å². The summed E-state index contributed by atoms with van der Waals surface area (Å²) >= 11 is 0. The van der Waals surface area contributed by atoms with Crippen LogP contribution in [0, 0.1) is 5.92 Å². The van der Waals surface area contributed by atoms with Gasteiger partial charge in [0.15, 0.2) is 0 Å². The van der Waals surface area contributed by atoms with Crippen LogP contribution in [0.15, 0.2) is 0 Å². The third kappa shape index (κ3) is 3.64. The van der Waals surface area contributed by atoms with Gasteiger partial charge in [0, 0.05) is 32.7 Å². The summed E-state index contributed by atoms with van der Waals surface area (Å²) in [7, 11) is -1.62. The summed E-state index contributed by atoms with van der Waals surface area (Å²) in [5.41, 5.74) is 0. The van der Waals surface area contributed by atoms with Crippen LogP contribution in [-0.2, 0) is 10.2 Å². The van der Waals surface area contributed by atoms with Crippen molar-refractivity contribution in [1.29, 1.82) is 0 Å². The van der Waals surface area contributed by atoms with Gasteiger partial charge in [0.1, 0.15) is 0 Å². The van der Waals surface area contributed by atoms with Crippen LogP contribution in [0.3, 0.4) is 0 Å². The molecular weight excluding hydrogens is 238 g/mol. The minimum absolute atomic E-state index is 0.0243. The highest BCUT2D eigenvalue weighted by Gasteiger charge is 2.31. The van der Waals surface area contributed by atoms with E-state index in [1.165, 1.54) is 4.31 Å². The van der Waals surface area contributed by atoms with Crippen molar-refractivity contribution in [3.8, 4) is 0 Å². The molecule has 1 atom stereocenters. The van der Waals surface area contributed by atoms with E-state index >= 15 is 0 Å². The van der Waals surface area contributed by atoms with Crippen molar-refractivity contribution in [1.82, 2.24) is 13.9 Å². The van der Waals surface area contributed by atoms with Gasteiger partial charge in [0.25, 0.3) is 10.2 Å². The van der Waals surface area contributed by atoms with Crippen molar-refractivity contribution in [2.75, 3.05) is 33.2 Å². The van der Waals surface area contributed by atoms with Gasteiger partial charge in [0.05, 0.1) is 0 Å². The largest absolute Gasteiger partial charge is 0.315 e. The van der Waals surface area contributed by atoms with E-state index in [0.717, 1.165) is 19.5 Å². The van der Waals surface area contributed by atoms with Gasteiger partial charge < -0.3 is 5.32 Å². The van der Waals surface area contributed by atoms with Gasteiger partial charge in [-0.3, -0.25) is 0 Å². The average Bonchev–Trinajstić information content (AvgIpc) is 2.55. The molecule has 1 aliphatic rings. The molecule has 0 spiro atoms. The lowest BCUT2D eigenvalue weighted by Crippen LogP contribution is -2.48. The van der Waals surface area contributed by atoms with Crippen molar-refractivity contribution in [2.24, 2.45) is 5.92 Å². The lowest BCUT2D eigenvalue weighted by atomic mass is 10.1. The molecule has 1 aliphatic heterocycles. The van der Waals surface area contributed by atoms with E-state index in [9.17, 15) is 8.42 Å². The number of nitrogens with one attached hydrogen (secondary N) is 1. The first kappa shape index (κ1) is 14.9. The van der Waals surface area contributed by atoms with Gasteiger partial charge >= 0.3 is 0 Å². The molecule has 0 aromatic rings. The summed E-state index contributed by atoms with van der Waals surface area (Å²) in [5.74, 6) is 0.319. The maximum Gasteiger partial charge on any atom is 0.282 e. The molecule has 1 saturated heterocycles. The first-order valence-electron chi connectivity index (χ1n) is 6.31. The molecule has 0 saturated carbocycles. The van der Waals surface area contributed by atoms with Crippen LogP contribution in [0.5, 0.6) is 0 Å². The molecule has 1 N–H and O–H groups in total. The van der Waals surface area contributed by atoms with Crippen LogP contribution in [-0.4, -0.2) is 56.3 Å². The highest BCUT2D eigenvalue weighted by atomic mass is 32.2. The highest BCUT2D eigenvalue weighted by molar-refractivity contribution is 7.86. The lowest BCUT2D eigenvalue weighted by molar-refractivity contribution is 0.286. The van der Waals surface area contributed by atoms with E-state index in [1.54, 1.807) is 11.4 Å². The zero-order valence-electron chi connectivity index (χ0n) is 11.3. The second-order valence-corrected chi connectivity index (χ2v) is 7.00. The number of nitrogens with zero attached hydrogens (tertiary/aromatic N) is 2. The summed E-state index contributed by atoms with van der Waals surface area (Å²) in [5, 5.41) is 3.22. The number of rotatable bonds is 4. The molecular formula is C11H25N3O2S. The Balaban J connectivity index is 2.78. The molecule has 0 radical (unpaired) electrons. The van der Waals surface area contributed by atoms with Crippen LogP contribution in [0.1, 0.15) is 27.2 Å². The first-order valence-corrected chi connectivity index (χ1v) is 7.71. The highest BCUT2D eigenvalue weighted by Crippen LogP contribution is 2.16. The van der Waals surface area contributed by atoms with Crippen molar-refractivity contribution in [3.63, 3.8) is 0 Å². The Hall–Kier alpha value is -0.170. The maximum absolute atomic E-state index is 12.4. The standard InChI is InChI=1S/C11H25N3O2S/c1-10(2)11(3)13(4)17(15,16)14-8-5-6-12-7-9-14/h10-12H,5-9H2,1-4H3. The molecule has 0 aromatic carbocycles. The fourth-order valence-corrected chi connectivity index (χ4v) is 3.57. The van der Waals surface area contributed by atoms with E-state index in [1.807, 2.05) is 20.8 Å². The molecule has 1 rings (SSSR count). The molecule has 0 amide bonds. The van der Waals surface area contributed by atoms with Gasteiger partial charge in [-0.15, -0.1) is 0 Å². The molecule has 102 valence electrons. The molecule has 0 aromatic heterocycles. The average molecular weight is 263 g/mol. The van der Waals surface area contributed by atoms with E-state index in [4.69, 9.17) is 0 Å². The van der Waals surface area contributed by atoms with E-state index in [-0.39, 0.29) is 6.04 Å². The van der Waals surface area contributed by atoms with Gasteiger partial charge in [-0.2, -0.15) is 17.0 Å². The van der Waals surface area contributed by atoms with Crippen LogP contribution in [0.25, 0.3) is 0 Å². The summed E-state index contributed by atoms with van der Waals surface area (Å²) in [4.78, 5) is 0. The van der Waals surface area contributed by atoms with Gasteiger partial charge in [-0.1, -0.05) is 13.8 Å². The summed E-state index contributed by atoms with van der Waals surface area (Å²) in [6.45, 7) is 8.86. The lowest BCUT2D eigenvalue weighted by Gasteiger charge is -2.32. The SMILES string of the molecule is CC(C)C(C)N(C)S(=O)(=O)N1CCCNCC1. The van der Waals surface area contributed by atoms with Gasteiger partial charge in [0.2, 0.25) is 0 Å². The second-order valence-electron chi connectivity index (χ2n) is 5.01. The Morgan fingerprint density at radius 1 is 1.18 bits per heavy atom. The zero-order chi connectivity index (χ0) is 13.1. The van der Waals surface area contributed by atoms with Crippen LogP contribution in [0.4, 0.5) is 0 Å². The molecule has 1 heterocycles. The monoisotopic (exact) mass is 263 g/mol. The molecule has 0 aliphatic carbocycles. The Bertz CT molecular complexity index is 314. The predicted octanol–water partition coefficient (Wildman–Crippen LogP) is 0.503. The van der Waals surface area contributed by atoms with Crippen LogP contribution < -0.4 is 5.32 Å². The summed E-state index contributed by atoms with van der Waals surface area (Å²) in [6, 6.07) is 0.0243. The van der Waals surface area contributed by atoms with Crippen molar-refractivity contribution >= 4 is 10.2 Å². The Morgan fingerprint density at radius 2 is 1.82 bits per heavy atom. The molecule has 1 unspecified atom stereocenters. The summed E-state index contributed by atoms with van der Waals surface area (Å²) in [6.07, 6.45) is 0.878. The van der Waals surface area contributed by atoms with Crippen molar-refractivity contribution < 1.29 is 8.42 Å². The van der Waals surface area contributed by atoms with E-state index in [2.05, 4.69) is 5.32 Å². The van der Waals surface area contributed by atoms with Crippen molar-refractivity contribution in [3.05, 3.63) is 0 Å². The third-order valence-electron chi connectivity index (χ3n) is 3.53. The zero-order valence-corrected chi connectivity index (χ0v) is 12.1. The Kier molecular flexibility index (Phi) is 5.37. The fourth-order valence-electron chi connectivity index (χ4n) is 1.86. The normalized spacial score (nSPS) is 21.8. The molecule has 1 fully saturated rings. The molecule has 0 bridgehead atoms. The number of hydrogen-bond donors (Lipinski definition) is 1. The number of hydrogen-bond acceptors (Lipinski definition) is 3.